The van der Waals surface area contributed by atoms with E-state index in [1.807, 2.05) is 47.4 Å². The Hall–Kier alpha value is -2.43. The van der Waals surface area contributed by atoms with Crippen molar-refractivity contribution in [1.82, 2.24) is 4.90 Å². The van der Waals surface area contributed by atoms with Crippen LogP contribution in [-0.4, -0.2) is 45.3 Å². The third-order valence-electron chi connectivity index (χ3n) is 4.95. The number of hydrogen-bond acceptors (Lipinski definition) is 5. The number of amides is 1. The summed E-state index contributed by atoms with van der Waals surface area (Å²) in [6.45, 7) is 13.1. The minimum Gasteiger partial charge on any atom is -0.532 e. The molecule has 9 heteroatoms. The molecule has 0 aromatic heterocycles. The van der Waals surface area contributed by atoms with E-state index in [0.29, 0.717) is 36.2 Å². The minimum absolute atomic E-state index is 0.0981. The molecule has 0 aliphatic carbocycles. The standard InChI is InChI=1S/C25H34ClN3O3Si2/c1-33(2,3)31-24(20-12-14-21(26)15-13-20)27-28-25(32-34(4,5)6)22-16-17-23(30)29(22)18-19-10-8-7-9-11-19/h7-15,22H,16-18H2,1-6H3/b27-24-,28-25-. The lowest BCUT2D eigenvalue weighted by molar-refractivity contribution is -0.128. The number of hydrogen-bond donors (Lipinski definition) is 0. The lowest BCUT2D eigenvalue weighted by Gasteiger charge is -2.29. The van der Waals surface area contributed by atoms with Gasteiger partial charge in [0, 0.05) is 23.6 Å². The van der Waals surface area contributed by atoms with Gasteiger partial charge in [-0.2, -0.15) is 0 Å². The molecule has 182 valence electrons. The Labute approximate surface area is 209 Å². The highest BCUT2D eigenvalue weighted by molar-refractivity contribution is 6.71. The first-order valence-electron chi connectivity index (χ1n) is 11.5. The van der Waals surface area contributed by atoms with Crippen molar-refractivity contribution in [1.29, 1.82) is 0 Å². The molecule has 1 unspecified atom stereocenters. The second-order valence-corrected chi connectivity index (χ2v) is 19.6. The Bertz CT molecular complexity index is 1050. The number of carbonyl (C=O) groups excluding carboxylic acids is 1. The van der Waals surface area contributed by atoms with Crippen molar-refractivity contribution in [2.24, 2.45) is 10.2 Å². The highest BCUT2D eigenvalue weighted by Gasteiger charge is 2.37. The Morgan fingerprint density at radius 2 is 1.56 bits per heavy atom. The van der Waals surface area contributed by atoms with E-state index < -0.39 is 16.6 Å². The van der Waals surface area contributed by atoms with Gasteiger partial charge in [0.05, 0.1) is 0 Å². The van der Waals surface area contributed by atoms with E-state index in [1.165, 1.54) is 0 Å². The SMILES string of the molecule is C[Si](C)(C)O/C(=N\N=C(/O[Si](C)(C)C)C1CCC(=O)N1Cc1ccccc1)c1ccc(Cl)cc1. The van der Waals surface area contributed by atoms with Gasteiger partial charge in [0.2, 0.25) is 34.3 Å². The summed E-state index contributed by atoms with van der Waals surface area (Å²) in [7, 11) is -4.00. The fourth-order valence-corrected chi connectivity index (χ4v) is 5.22. The Morgan fingerprint density at radius 3 is 2.15 bits per heavy atom. The summed E-state index contributed by atoms with van der Waals surface area (Å²) in [5, 5.41) is 9.77. The zero-order valence-electron chi connectivity index (χ0n) is 20.8. The molecule has 1 amide bonds. The summed E-state index contributed by atoms with van der Waals surface area (Å²) < 4.78 is 12.7. The van der Waals surface area contributed by atoms with E-state index in [2.05, 4.69) is 49.5 Å². The van der Waals surface area contributed by atoms with Gasteiger partial charge in [-0.1, -0.05) is 41.9 Å². The van der Waals surface area contributed by atoms with E-state index in [-0.39, 0.29) is 11.9 Å². The fraction of sp³-hybridized carbons (Fsp3) is 0.400. The van der Waals surface area contributed by atoms with Gasteiger partial charge in [-0.15, -0.1) is 10.2 Å². The normalized spacial score (nSPS) is 17.8. The average Bonchev–Trinajstić information content (AvgIpc) is 3.10. The van der Waals surface area contributed by atoms with E-state index in [0.717, 1.165) is 11.1 Å². The Kier molecular flexibility index (Phi) is 8.38. The molecule has 0 spiro atoms. The highest BCUT2D eigenvalue weighted by Crippen LogP contribution is 2.25. The van der Waals surface area contributed by atoms with Crippen LogP contribution in [0.1, 0.15) is 24.0 Å². The molecule has 1 heterocycles. The van der Waals surface area contributed by atoms with Crippen LogP contribution >= 0.6 is 11.6 Å². The second-order valence-electron chi connectivity index (χ2n) is 10.3. The zero-order chi connectivity index (χ0) is 24.9. The van der Waals surface area contributed by atoms with Crippen molar-refractivity contribution in [3.05, 3.63) is 70.7 Å². The van der Waals surface area contributed by atoms with E-state index >= 15 is 0 Å². The van der Waals surface area contributed by atoms with E-state index in [9.17, 15) is 4.79 Å². The van der Waals surface area contributed by atoms with Gasteiger partial charge in [-0.3, -0.25) is 4.79 Å². The first kappa shape index (κ1) is 26.2. The maximum atomic E-state index is 12.8. The summed E-state index contributed by atoms with van der Waals surface area (Å²) >= 11 is 6.08. The molecular weight excluding hydrogens is 482 g/mol. The highest BCUT2D eigenvalue weighted by atomic mass is 35.5. The number of likely N-dealkylation sites (tertiary alicyclic amines) is 1. The van der Waals surface area contributed by atoms with Gasteiger partial charge >= 0.3 is 0 Å². The molecule has 2 aromatic rings. The van der Waals surface area contributed by atoms with Gasteiger partial charge in [-0.05, 0) is 75.5 Å². The predicted molar refractivity (Wildman–Crippen MR) is 144 cm³/mol. The van der Waals surface area contributed by atoms with Crippen LogP contribution in [0, 0.1) is 0 Å². The van der Waals surface area contributed by atoms with Crippen molar-refractivity contribution in [3.8, 4) is 0 Å². The minimum atomic E-state index is -2.02. The summed E-state index contributed by atoms with van der Waals surface area (Å²) in [4.78, 5) is 14.6. The second kappa shape index (κ2) is 10.9. The van der Waals surface area contributed by atoms with Crippen LogP contribution in [0.3, 0.4) is 0 Å². The van der Waals surface area contributed by atoms with Crippen molar-refractivity contribution in [3.63, 3.8) is 0 Å². The quantitative estimate of drug-likeness (QED) is 0.188. The van der Waals surface area contributed by atoms with Crippen LogP contribution in [0.25, 0.3) is 0 Å². The van der Waals surface area contributed by atoms with Crippen LogP contribution in [0.15, 0.2) is 64.8 Å². The molecule has 2 aromatic carbocycles. The van der Waals surface area contributed by atoms with Crippen molar-refractivity contribution in [2.75, 3.05) is 0 Å². The van der Waals surface area contributed by atoms with Crippen LogP contribution < -0.4 is 0 Å². The number of nitrogens with zero attached hydrogens (tertiary/aromatic N) is 3. The topological polar surface area (TPSA) is 63.5 Å². The summed E-state index contributed by atoms with van der Waals surface area (Å²) in [5.41, 5.74) is 1.87. The molecule has 0 saturated carbocycles. The van der Waals surface area contributed by atoms with Crippen LogP contribution in [0.5, 0.6) is 0 Å². The molecule has 1 aliphatic heterocycles. The van der Waals surface area contributed by atoms with Gasteiger partial charge in [0.1, 0.15) is 6.04 Å². The molecule has 0 radical (unpaired) electrons. The molecule has 3 rings (SSSR count). The van der Waals surface area contributed by atoms with Crippen molar-refractivity contribution < 1.29 is 13.6 Å². The number of rotatable bonds is 7. The van der Waals surface area contributed by atoms with Crippen molar-refractivity contribution in [2.45, 2.75) is 64.7 Å². The molecule has 0 bridgehead atoms. The lowest BCUT2D eigenvalue weighted by Crippen LogP contribution is -2.43. The monoisotopic (exact) mass is 515 g/mol. The molecule has 1 fully saturated rings. The Balaban J connectivity index is 2.00. The first-order valence-corrected chi connectivity index (χ1v) is 18.7. The average molecular weight is 516 g/mol. The molecule has 1 saturated heterocycles. The third kappa shape index (κ3) is 7.82. The lowest BCUT2D eigenvalue weighted by atomic mass is 10.2. The zero-order valence-corrected chi connectivity index (χ0v) is 23.6. The van der Waals surface area contributed by atoms with Gasteiger partial charge in [0.15, 0.2) is 0 Å². The van der Waals surface area contributed by atoms with Crippen molar-refractivity contribution >= 4 is 45.9 Å². The Morgan fingerprint density at radius 1 is 0.941 bits per heavy atom. The maximum Gasteiger partial charge on any atom is 0.244 e. The van der Waals surface area contributed by atoms with Crippen LogP contribution in [0.2, 0.25) is 44.3 Å². The summed E-state index contributed by atoms with van der Waals surface area (Å²) in [6, 6.07) is 17.1. The largest absolute Gasteiger partial charge is 0.532 e. The predicted octanol–water partition coefficient (Wildman–Crippen LogP) is 6.29. The van der Waals surface area contributed by atoms with Crippen LogP contribution in [-0.2, 0) is 20.2 Å². The smallest absolute Gasteiger partial charge is 0.244 e. The molecule has 6 nitrogen and oxygen atoms in total. The molecular formula is C25H34ClN3O3Si2. The molecule has 1 aliphatic rings. The van der Waals surface area contributed by atoms with Gasteiger partial charge in [-0.25, -0.2) is 0 Å². The number of halogens is 1. The van der Waals surface area contributed by atoms with Gasteiger partial charge in [0.25, 0.3) is 0 Å². The molecule has 34 heavy (non-hydrogen) atoms. The fourth-order valence-electron chi connectivity index (χ4n) is 3.55. The van der Waals surface area contributed by atoms with E-state index in [1.54, 1.807) is 12.1 Å². The third-order valence-corrected chi connectivity index (χ3v) is 6.83. The summed E-state index contributed by atoms with van der Waals surface area (Å²) in [6.07, 6.45) is 1.11. The first-order chi connectivity index (χ1) is 15.9. The molecule has 0 N–H and O–H groups in total. The van der Waals surface area contributed by atoms with Crippen LogP contribution in [0.4, 0.5) is 0 Å². The van der Waals surface area contributed by atoms with Gasteiger partial charge < -0.3 is 13.8 Å². The maximum absolute atomic E-state index is 12.8. The number of benzene rings is 2. The number of carbonyl (C=O) groups is 1. The summed E-state index contributed by atoms with van der Waals surface area (Å²) in [5.74, 6) is 1.01. The molecule has 1 atom stereocenters. The van der Waals surface area contributed by atoms with E-state index in [4.69, 9.17) is 20.5 Å².